The van der Waals surface area contributed by atoms with Crippen molar-refractivity contribution in [3.05, 3.63) is 28.8 Å². The van der Waals surface area contributed by atoms with E-state index < -0.39 is 7.60 Å². The molecule has 0 aromatic heterocycles. The zero-order chi connectivity index (χ0) is 42.1. The third kappa shape index (κ3) is 29.1. The van der Waals surface area contributed by atoms with E-state index in [0.29, 0.717) is 31.5 Å². The monoisotopic (exact) mass is 819 g/mol. The van der Waals surface area contributed by atoms with Crippen molar-refractivity contribution in [3.8, 4) is 5.75 Å². The van der Waals surface area contributed by atoms with Gasteiger partial charge in [0, 0.05) is 0 Å². The van der Waals surface area contributed by atoms with Gasteiger partial charge in [-0.15, -0.1) is 0 Å². The number of unbranched alkanes of at least 4 members (excludes halogenated alkanes) is 30. The van der Waals surface area contributed by atoms with E-state index in [0.717, 1.165) is 42.4 Å². The highest BCUT2D eigenvalue weighted by Crippen LogP contribution is 2.49. The van der Waals surface area contributed by atoms with Crippen LogP contribution in [0.25, 0.3) is 0 Å². The Hall–Kier alpha value is -0.830. The molecule has 5 heteroatoms. The number of phenols is 1. The highest BCUT2D eigenvalue weighted by atomic mass is 31.2. The Balaban J connectivity index is 2.47. The Morgan fingerprint density at radius 1 is 0.439 bits per heavy atom. The molecule has 0 saturated heterocycles. The minimum Gasteiger partial charge on any atom is -0.507 e. The molecule has 4 nitrogen and oxygen atoms in total. The van der Waals surface area contributed by atoms with Crippen LogP contribution in [0.1, 0.15) is 278 Å². The van der Waals surface area contributed by atoms with Crippen LogP contribution in [-0.2, 0) is 30.9 Å². The van der Waals surface area contributed by atoms with Gasteiger partial charge in [-0.1, -0.05) is 260 Å². The van der Waals surface area contributed by atoms with Crippen molar-refractivity contribution in [1.29, 1.82) is 0 Å². The summed E-state index contributed by atoms with van der Waals surface area (Å²) in [4.78, 5) is 0. The number of phenolic OH excluding ortho intramolecular Hbond substituents is 1. The maximum Gasteiger partial charge on any atom is 0.331 e. The summed E-state index contributed by atoms with van der Waals surface area (Å²) in [5.41, 5.74) is 2.60. The summed E-state index contributed by atoms with van der Waals surface area (Å²) in [6.07, 6.45) is 43.7. The van der Waals surface area contributed by atoms with Gasteiger partial charge in [-0.25, -0.2) is 0 Å². The van der Waals surface area contributed by atoms with Crippen LogP contribution in [0.15, 0.2) is 12.1 Å². The highest BCUT2D eigenvalue weighted by molar-refractivity contribution is 7.53. The van der Waals surface area contributed by atoms with Gasteiger partial charge in [0.1, 0.15) is 5.75 Å². The van der Waals surface area contributed by atoms with E-state index in [1.165, 1.54) is 180 Å². The lowest BCUT2D eigenvalue weighted by atomic mass is 9.78. The van der Waals surface area contributed by atoms with E-state index in [9.17, 15) is 9.67 Å². The van der Waals surface area contributed by atoms with E-state index in [4.69, 9.17) is 9.05 Å². The summed E-state index contributed by atoms with van der Waals surface area (Å²) in [5.74, 6) is 0.390. The average molecular weight is 819 g/mol. The fourth-order valence-corrected chi connectivity index (χ4v) is 9.80. The van der Waals surface area contributed by atoms with E-state index in [-0.39, 0.29) is 10.8 Å². The van der Waals surface area contributed by atoms with Crippen molar-refractivity contribution in [2.75, 3.05) is 19.4 Å². The second-order valence-electron chi connectivity index (χ2n) is 19.9. The van der Waals surface area contributed by atoms with Gasteiger partial charge in [-0.2, -0.15) is 0 Å². The van der Waals surface area contributed by atoms with Crippen LogP contribution in [0.2, 0.25) is 0 Å². The van der Waals surface area contributed by atoms with E-state index in [1.807, 2.05) is 0 Å². The molecule has 0 amide bonds. The predicted octanol–water partition coefficient (Wildman–Crippen LogP) is 18.3. The van der Waals surface area contributed by atoms with Crippen molar-refractivity contribution in [3.63, 3.8) is 0 Å². The molecule has 0 bridgehead atoms. The van der Waals surface area contributed by atoms with Gasteiger partial charge >= 0.3 is 7.60 Å². The molecule has 57 heavy (non-hydrogen) atoms. The van der Waals surface area contributed by atoms with Gasteiger partial charge in [0.15, 0.2) is 0 Å². The first-order chi connectivity index (χ1) is 27.3. The summed E-state index contributed by atoms with van der Waals surface area (Å²) in [7, 11) is -3.25. The molecule has 0 saturated carbocycles. The molecule has 1 aromatic carbocycles. The van der Waals surface area contributed by atoms with Gasteiger partial charge in [-0.3, -0.25) is 4.57 Å². The highest BCUT2D eigenvalue weighted by Gasteiger charge is 2.29. The fraction of sp³-hybridized carbons (Fsp3) is 0.885. The molecule has 0 spiro atoms. The van der Waals surface area contributed by atoms with Gasteiger partial charge < -0.3 is 14.2 Å². The first-order valence-electron chi connectivity index (χ1n) is 25.1. The number of hydrogen-bond acceptors (Lipinski definition) is 4. The smallest absolute Gasteiger partial charge is 0.331 e. The quantitative estimate of drug-likeness (QED) is 0.0531. The lowest BCUT2D eigenvalue weighted by Gasteiger charge is -2.28. The molecule has 0 aliphatic carbocycles. The Bertz CT molecular complexity index is 1040. The van der Waals surface area contributed by atoms with Crippen molar-refractivity contribution < 1.29 is 18.7 Å². The molecular formula is C52H99O4P. The van der Waals surface area contributed by atoms with Gasteiger partial charge in [-0.05, 0) is 46.8 Å². The lowest BCUT2D eigenvalue weighted by molar-refractivity contribution is 0.197. The fourth-order valence-electron chi connectivity index (χ4n) is 8.12. The van der Waals surface area contributed by atoms with E-state index in [2.05, 4.69) is 67.5 Å². The Labute approximate surface area is 357 Å². The molecule has 0 aliphatic heterocycles. The van der Waals surface area contributed by atoms with Crippen LogP contribution in [0.3, 0.4) is 0 Å². The lowest BCUT2D eigenvalue weighted by Crippen LogP contribution is -2.18. The van der Waals surface area contributed by atoms with Crippen molar-refractivity contribution in [2.45, 2.75) is 278 Å². The third-order valence-corrected chi connectivity index (χ3v) is 14.0. The van der Waals surface area contributed by atoms with E-state index >= 15 is 0 Å². The van der Waals surface area contributed by atoms with Crippen molar-refractivity contribution in [2.24, 2.45) is 0 Å². The van der Waals surface area contributed by atoms with Crippen LogP contribution >= 0.6 is 7.60 Å². The summed E-state index contributed by atoms with van der Waals surface area (Å²) in [6.45, 7) is 18.5. The number of aromatic hydroxyl groups is 1. The largest absolute Gasteiger partial charge is 0.507 e. The van der Waals surface area contributed by atoms with Crippen LogP contribution in [-0.4, -0.2) is 24.5 Å². The molecule has 0 atom stereocenters. The molecule has 336 valence electrons. The second-order valence-corrected chi connectivity index (χ2v) is 22.1. The van der Waals surface area contributed by atoms with Gasteiger partial charge in [0.2, 0.25) is 0 Å². The Kier molecular flexibility index (Phi) is 32.2. The van der Waals surface area contributed by atoms with Crippen LogP contribution in [0.5, 0.6) is 5.75 Å². The second kappa shape index (κ2) is 33.8. The maximum atomic E-state index is 14.2. The normalized spacial score (nSPS) is 12.6. The number of hydrogen-bond donors (Lipinski definition) is 1. The number of aryl methyl sites for hydroxylation is 1. The van der Waals surface area contributed by atoms with Crippen molar-refractivity contribution in [1.82, 2.24) is 0 Å². The maximum absolute atomic E-state index is 14.2. The van der Waals surface area contributed by atoms with Crippen molar-refractivity contribution >= 4 is 7.60 Å². The van der Waals surface area contributed by atoms with Crippen LogP contribution < -0.4 is 0 Å². The minimum absolute atomic E-state index is 0.197. The SMILES string of the molecule is CCCCCCCCCCCCCCCCCCOP(=O)(CCc1cc(C(C)(C)C)c(O)c(C(C)(C)C)c1)OCCCCCCCCCCCCCCCCCC. The van der Waals surface area contributed by atoms with Gasteiger partial charge in [0.25, 0.3) is 0 Å². The standard InChI is InChI=1S/C52H99O4P/c1-9-11-13-15-17-19-21-23-25-27-29-31-33-35-37-39-42-55-57(54,44-41-47-45-48(51(3,4)5)50(53)49(46-47)52(6,7)8)56-43-40-38-36-34-32-30-28-26-24-22-20-18-16-14-12-10-2/h45-46,53H,9-44H2,1-8H3. The van der Waals surface area contributed by atoms with Gasteiger partial charge in [0.05, 0.1) is 19.4 Å². The molecule has 1 rings (SSSR count). The average Bonchev–Trinajstić information content (AvgIpc) is 3.16. The summed E-state index contributed by atoms with van der Waals surface area (Å²) >= 11 is 0. The molecule has 0 fully saturated rings. The number of benzene rings is 1. The summed E-state index contributed by atoms with van der Waals surface area (Å²) in [6, 6.07) is 4.22. The molecule has 1 aromatic rings. The third-order valence-electron chi connectivity index (χ3n) is 12.0. The molecule has 0 unspecified atom stereocenters. The van der Waals surface area contributed by atoms with Crippen LogP contribution in [0, 0.1) is 0 Å². The zero-order valence-electron chi connectivity index (χ0n) is 39.7. The first kappa shape index (κ1) is 54.2. The van der Waals surface area contributed by atoms with Crippen LogP contribution in [0.4, 0.5) is 0 Å². The summed E-state index contributed by atoms with van der Waals surface area (Å²) in [5, 5.41) is 11.2. The molecule has 1 N–H and O–H groups in total. The first-order valence-corrected chi connectivity index (χ1v) is 26.8. The molecule has 0 aliphatic rings. The van der Waals surface area contributed by atoms with E-state index in [1.54, 1.807) is 0 Å². The zero-order valence-corrected chi connectivity index (χ0v) is 40.6. The molecular weight excluding hydrogens is 720 g/mol. The topological polar surface area (TPSA) is 55.8 Å². The molecule has 0 heterocycles. The Morgan fingerprint density at radius 3 is 0.930 bits per heavy atom. The number of rotatable bonds is 39. The molecule has 0 radical (unpaired) electrons. The Morgan fingerprint density at radius 2 is 0.684 bits per heavy atom. The minimum atomic E-state index is -3.25. The predicted molar refractivity (Wildman–Crippen MR) is 253 cm³/mol. The summed E-state index contributed by atoms with van der Waals surface area (Å²) < 4.78 is 26.6.